The van der Waals surface area contributed by atoms with Gasteiger partial charge in [-0.2, -0.15) is 4.98 Å². The number of halogens is 2. The molecule has 2 saturated heterocycles. The van der Waals surface area contributed by atoms with Gasteiger partial charge in [-0.3, -0.25) is 4.79 Å². The number of amides is 1. The fraction of sp³-hybridized carbons (Fsp3) is 0.524. The summed E-state index contributed by atoms with van der Waals surface area (Å²) in [5, 5.41) is 3.64. The van der Waals surface area contributed by atoms with Gasteiger partial charge in [-0.05, 0) is 32.6 Å². The van der Waals surface area contributed by atoms with Crippen LogP contribution < -0.4 is 15.1 Å². The number of H-pyrrole nitrogens is 1. The van der Waals surface area contributed by atoms with Gasteiger partial charge >= 0.3 is 5.97 Å². The topological polar surface area (TPSA) is 103 Å². The minimum atomic E-state index is -0.479. The third-order valence-corrected chi connectivity index (χ3v) is 6.87. The molecule has 2 aliphatic rings. The smallest absolute Gasteiger partial charge is 0.356 e. The SMILES string of the molecule is COC(=O)c1cc(N2CCC(NC(=O)c3[nH]c(C)c(Cl)c3Cl)CC2)nc(N2CCCC2)n1. The highest BCUT2D eigenvalue weighted by atomic mass is 35.5. The Labute approximate surface area is 196 Å². The number of nitrogens with zero attached hydrogens (tertiary/aromatic N) is 4. The summed E-state index contributed by atoms with van der Waals surface area (Å²) < 4.78 is 4.88. The van der Waals surface area contributed by atoms with Crippen molar-refractivity contribution < 1.29 is 14.3 Å². The minimum absolute atomic E-state index is 0.00262. The summed E-state index contributed by atoms with van der Waals surface area (Å²) in [5.74, 6) is 0.508. The van der Waals surface area contributed by atoms with Crippen LogP contribution in [0.25, 0.3) is 0 Å². The molecule has 2 N–H and O–H groups in total. The Bertz CT molecular complexity index is 1010. The van der Waals surface area contributed by atoms with Crippen LogP contribution in [0.5, 0.6) is 0 Å². The molecular formula is C21H26Cl2N6O3. The molecule has 2 aliphatic heterocycles. The molecule has 0 atom stereocenters. The van der Waals surface area contributed by atoms with Gasteiger partial charge in [0.25, 0.3) is 5.91 Å². The molecule has 1 amide bonds. The van der Waals surface area contributed by atoms with Crippen LogP contribution in [0.2, 0.25) is 10.0 Å². The summed E-state index contributed by atoms with van der Waals surface area (Å²) in [5.41, 5.74) is 1.20. The molecule has 4 heterocycles. The van der Waals surface area contributed by atoms with E-state index in [4.69, 9.17) is 32.9 Å². The van der Waals surface area contributed by atoms with Gasteiger partial charge in [0.2, 0.25) is 5.95 Å². The number of esters is 1. The first-order valence-electron chi connectivity index (χ1n) is 10.7. The Kier molecular flexibility index (Phi) is 6.76. The molecule has 4 rings (SSSR count). The van der Waals surface area contributed by atoms with Crippen molar-refractivity contribution in [3.05, 3.63) is 33.2 Å². The molecule has 172 valence electrons. The van der Waals surface area contributed by atoms with Gasteiger partial charge in [-0.1, -0.05) is 23.2 Å². The number of aryl methyl sites for hydroxylation is 1. The van der Waals surface area contributed by atoms with E-state index in [1.165, 1.54) is 7.11 Å². The highest BCUT2D eigenvalue weighted by molar-refractivity contribution is 6.44. The Morgan fingerprint density at radius 3 is 2.38 bits per heavy atom. The largest absolute Gasteiger partial charge is 0.464 e. The van der Waals surface area contributed by atoms with E-state index in [0.717, 1.165) is 38.8 Å². The molecule has 2 aromatic rings. The van der Waals surface area contributed by atoms with E-state index >= 15 is 0 Å². The number of aromatic nitrogens is 3. The van der Waals surface area contributed by atoms with E-state index < -0.39 is 5.97 Å². The molecule has 0 aromatic carbocycles. The summed E-state index contributed by atoms with van der Waals surface area (Å²) in [6.07, 6.45) is 3.63. The standard InChI is InChI=1S/C21H26Cl2N6O3/c1-12-16(22)17(23)18(24-12)19(30)25-13-5-9-28(10-6-13)15-11-14(20(31)32-2)26-21(27-15)29-7-3-4-8-29/h11,13,24H,3-10H2,1-2H3,(H,25,30). The zero-order valence-electron chi connectivity index (χ0n) is 18.1. The molecule has 0 radical (unpaired) electrons. The minimum Gasteiger partial charge on any atom is -0.464 e. The number of carbonyl (C=O) groups excluding carboxylic acids is 2. The highest BCUT2D eigenvalue weighted by Gasteiger charge is 2.27. The summed E-state index contributed by atoms with van der Waals surface area (Å²) in [6, 6.07) is 1.67. The lowest BCUT2D eigenvalue weighted by atomic mass is 10.0. The fourth-order valence-electron chi connectivity index (χ4n) is 4.09. The van der Waals surface area contributed by atoms with Crippen molar-refractivity contribution >= 4 is 46.8 Å². The average molecular weight is 481 g/mol. The number of carbonyl (C=O) groups is 2. The van der Waals surface area contributed by atoms with Gasteiger partial charge in [-0.25, -0.2) is 9.78 Å². The van der Waals surface area contributed by atoms with Crippen molar-refractivity contribution in [2.24, 2.45) is 0 Å². The zero-order chi connectivity index (χ0) is 22.8. The molecule has 2 aromatic heterocycles. The third kappa shape index (κ3) is 4.63. The molecule has 0 bridgehead atoms. The molecule has 2 fully saturated rings. The second-order valence-electron chi connectivity index (χ2n) is 8.08. The maximum atomic E-state index is 12.6. The van der Waals surface area contributed by atoms with Crippen molar-refractivity contribution in [1.29, 1.82) is 0 Å². The van der Waals surface area contributed by atoms with E-state index in [9.17, 15) is 9.59 Å². The molecule has 0 spiro atoms. The van der Waals surface area contributed by atoms with Gasteiger partial charge in [0.15, 0.2) is 5.69 Å². The number of rotatable bonds is 5. The van der Waals surface area contributed by atoms with Gasteiger partial charge < -0.3 is 24.8 Å². The lowest BCUT2D eigenvalue weighted by Crippen LogP contribution is -2.45. The first-order valence-corrected chi connectivity index (χ1v) is 11.4. The number of hydrogen-bond acceptors (Lipinski definition) is 7. The summed E-state index contributed by atoms with van der Waals surface area (Å²) >= 11 is 12.2. The molecule has 9 nitrogen and oxygen atoms in total. The van der Waals surface area contributed by atoms with Gasteiger partial charge in [0.1, 0.15) is 11.5 Å². The van der Waals surface area contributed by atoms with Crippen molar-refractivity contribution in [2.75, 3.05) is 43.1 Å². The maximum Gasteiger partial charge on any atom is 0.356 e. The molecule has 0 unspecified atom stereocenters. The Morgan fingerprint density at radius 2 is 1.78 bits per heavy atom. The van der Waals surface area contributed by atoms with E-state index in [0.29, 0.717) is 35.6 Å². The second kappa shape index (κ2) is 9.54. The van der Waals surface area contributed by atoms with Gasteiger partial charge in [-0.15, -0.1) is 0 Å². The van der Waals surface area contributed by atoms with Crippen molar-refractivity contribution in [2.45, 2.75) is 38.6 Å². The molecular weight excluding hydrogens is 455 g/mol. The quantitative estimate of drug-likeness (QED) is 0.633. The van der Waals surface area contributed by atoms with Crippen LogP contribution in [0.1, 0.15) is 52.4 Å². The van der Waals surface area contributed by atoms with Crippen LogP contribution in [0.4, 0.5) is 11.8 Å². The van der Waals surface area contributed by atoms with E-state index in [1.807, 2.05) is 0 Å². The summed E-state index contributed by atoms with van der Waals surface area (Å²) in [6.45, 7) is 4.89. The van der Waals surface area contributed by atoms with Crippen LogP contribution in [0, 0.1) is 6.92 Å². The van der Waals surface area contributed by atoms with Crippen molar-refractivity contribution in [3.8, 4) is 0 Å². The zero-order valence-corrected chi connectivity index (χ0v) is 19.6. The second-order valence-corrected chi connectivity index (χ2v) is 8.84. The number of hydrogen-bond donors (Lipinski definition) is 2. The Balaban J connectivity index is 1.44. The van der Waals surface area contributed by atoms with E-state index in [1.54, 1.807) is 13.0 Å². The normalized spacial score (nSPS) is 17.0. The van der Waals surface area contributed by atoms with Crippen LogP contribution in [-0.2, 0) is 4.74 Å². The Morgan fingerprint density at radius 1 is 1.09 bits per heavy atom. The lowest BCUT2D eigenvalue weighted by molar-refractivity contribution is 0.0593. The molecule has 32 heavy (non-hydrogen) atoms. The average Bonchev–Trinajstić information content (AvgIpc) is 3.44. The fourth-order valence-corrected chi connectivity index (χ4v) is 4.51. The number of methoxy groups -OCH3 is 1. The number of piperidine rings is 1. The number of aromatic amines is 1. The van der Waals surface area contributed by atoms with Gasteiger partial charge in [0, 0.05) is 44.0 Å². The first-order chi connectivity index (χ1) is 15.4. The predicted molar refractivity (Wildman–Crippen MR) is 123 cm³/mol. The molecule has 0 aliphatic carbocycles. The van der Waals surface area contributed by atoms with Crippen molar-refractivity contribution in [3.63, 3.8) is 0 Å². The first kappa shape index (κ1) is 22.7. The van der Waals surface area contributed by atoms with Gasteiger partial charge in [0.05, 0.1) is 17.2 Å². The van der Waals surface area contributed by atoms with E-state index in [-0.39, 0.29) is 28.4 Å². The predicted octanol–water partition coefficient (Wildman–Crippen LogP) is 3.21. The van der Waals surface area contributed by atoms with Crippen LogP contribution in [0.3, 0.4) is 0 Å². The van der Waals surface area contributed by atoms with Crippen LogP contribution >= 0.6 is 23.2 Å². The number of nitrogens with one attached hydrogen (secondary N) is 2. The van der Waals surface area contributed by atoms with Crippen molar-refractivity contribution in [1.82, 2.24) is 20.3 Å². The molecule has 0 saturated carbocycles. The van der Waals surface area contributed by atoms with E-state index in [2.05, 4.69) is 25.1 Å². The summed E-state index contributed by atoms with van der Waals surface area (Å²) in [7, 11) is 1.35. The van der Waals surface area contributed by atoms with Crippen LogP contribution in [0.15, 0.2) is 6.07 Å². The maximum absolute atomic E-state index is 12.6. The highest BCUT2D eigenvalue weighted by Crippen LogP contribution is 2.29. The lowest BCUT2D eigenvalue weighted by Gasteiger charge is -2.33. The number of anilines is 2. The summed E-state index contributed by atoms with van der Waals surface area (Å²) in [4.78, 5) is 41.1. The number of ether oxygens (including phenoxy) is 1. The van der Waals surface area contributed by atoms with Crippen LogP contribution in [-0.4, -0.2) is 66.2 Å². The Hall–Kier alpha value is -2.52. The molecule has 11 heteroatoms. The third-order valence-electron chi connectivity index (χ3n) is 5.92. The monoisotopic (exact) mass is 480 g/mol.